The standard InChI is InChI=1S/C22H25BrN6OS/c1-14-19-20(24)29(17-9-7-16(23)8-10-17)22(26-21(19)28-27-14)31-13-18(30)25-12-11-15-5-3-2-4-6-15/h5,7-10,24H,2-4,6,11-13H2,1H3,(H,25,30)(H,27,28). The zero-order chi connectivity index (χ0) is 21.8. The molecule has 7 nitrogen and oxygen atoms in total. The fourth-order valence-corrected chi connectivity index (χ4v) is 4.83. The number of amides is 1. The molecule has 0 fully saturated rings. The normalized spacial score (nSPS) is 13.9. The zero-order valence-electron chi connectivity index (χ0n) is 17.4. The minimum atomic E-state index is -0.0320. The van der Waals surface area contributed by atoms with Crippen molar-refractivity contribution >= 4 is 44.6 Å². The second kappa shape index (κ2) is 9.82. The van der Waals surface area contributed by atoms with Crippen molar-refractivity contribution in [3.05, 3.63) is 51.6 Å². The molecular weight excluding hydrogens is 476 g/mol. The number of rotatable bonds is 7. The number of nitrogens with zero attached hydrogens (tertiary/aromatic N) is 3. The van der Waals surface area contributed by atoms with E-state index >= 15 is 0 Å². The lowest BCUT2D eigenvalue weighted by Crippen LogP contribution is -2.27. The maximum Gasteiger partial charge on any atom is 0.230 e. The van der Waals surface area contributed by atoms with Gasteiger partial charge in [-0.15, -0.1) is 0 Å². The number of fused-ring (bicyclic) bond motifs is 1. The molecule has 0 saturated carbocycles. The van der Waals surface area contributed by atoms with Crippen molar-refractivity contribution in [2.24, 2.45) is 0 Å². The molecule has 3 aromatic rings. The van der Waals surface area contributed by atoms with E-state index in [1.807, 2.05) is 31.2 Å². The lowest BCUT2D eigenvalue weighted by Gasteiger charge is -2.14. The summed E-state index contributed by atoms with van der Waals surface area (Å²) in [5.74, 6) is 0.201. The van der Waals surface area contributed by atoms with Crippen LogP contribution in [0.25, 0.3) is 16.7 Å². The molecule has 9 heteroatoms. The van der Waals surface area contributed by atoms with E-state index in [1.165, 1.54) is 30.2 Å². The van der Waals surface area contributed by atoms with Crippen LogP contribution in [0, 0.1) is 12.3 Å². The molecule has 0 spiro atoms. The summed E-state index contributed by atoms with van der Waals surface area (Å²) in [6.45, 7) is 2.54. The van der Waals surface area contributed by atoms with Gasteiger partial charge in [0.05, 0.1) is 11.1 Å². The second-order valence-electron chi connectivity index (χ2n) is 7.60. The maximum absolute atomic E-state index is 12.4. The Morgan fingerprint density at radius 1 is 1.32 bits per heavy atom. The van der Waals surface area contributed by atoms with E-state index in [2.05, 4.69) is 42.5 Å². The number of aryl methyl sites for hydroxylation is 1. The molecule has 0 unspecified atom stereocenters. The summed E-state index contributed by atoms with van der Waals surface area (Å²) >= 11 is 4.77. The van der Waals surface area contributed by atoms with E-state index in [4.69, 9.17) is 5.41 Å². The number of carbonyl (C=O) groups is 1. The Kier molecular flexibility index (Phi) is 6.92. The van der Waals surface area contributed by atoms with Gasteiger partial charge in [-0.05, 0) is 63.3 Å². The van der Waals surface area contributed by atoms with Crippen LogP contribution >= 0.6 is 27.7 Å². The number of hydrogen-bond acceptors (Lipinski definition) is 5. The molecule has 31 heavy (non-hydrogen) atoms. The van der Waals surface area contributed by atoms with Gasteiger partial charge in [-0.1, -0.05) is 39.3 Å². The van der Waals surface area contributed by atoms with Gasteiger partial charge in [-0.25, -0.2) is 4.98 Å². The van der Waals surface area contributed by atoms with Crippen molar-refractivity contribution in [3.8, 4) is 5.69 Å². The summed E-state index contributed by atoms with van der Waals surface area (Å²) < 4.78 is 2.72. The average Bonchev–Trinajstić information content (AvgIpc) is 3.15. The Labute approximate surface area is 193 Å². The van der Waals surface area contributed by atoms with Gasteiger partial charge in [-0.2, -0.15) is 5.10 Å². The molecule has 0 saturated heterocycles. The fraction of sp³-hybridized carbons (Fsp3) is 0.364. The third kappa shape index (κ3) is 5.10. The number of halogens is 1. The van der Waals surface area contributed by atoms with E-state index in [-0.39, 0.29) is 11.7 Å². The molecular formula is C22H25BrN6OS. The van der Waals surface area contributed by atoms with E-state index in [1.54, 1.807) is 4.57 Å². The molecule has 4 rings (SSSR count). The maximum atomic E-state index is 12.4. The first kappa shape index (κ1) is 21.8. The van der Waals surface area contributed by atoms with Crippen LogP contribution in [0.3, 0.4) is 0 Å². The molecule has 1 aliphatic carbocycles. The Bertz CT molecular complexity index is 1180. The van der Waals surface area contributed by atoms with Crippen LogP contribution in [0.5, 0.6) is 0 Å². The molecule has 2 aromatic heterocycles. The van der Waals surface area contributed by atoms with Gasteiger partial charge >= 0.3 is 0 Å². The topological polar surface area (TPSA) is 99.4 Å². The number of nitrogens with one attached hydrogen (secondary N) is 3. The number of carbonyl (C=O) groups excluding carboxylic acids is 1. The molecule has 0 bridgehead atoms. The Balaban J connectivity index is 1.51. The molecule has 1 aliphatic rings. The summed E-state index contributed by atoms with van der Waals surface area (Å²) in [6.07, 6.45) is 8.06. The highest BCUT2D eigenvalue weighted by atomic mass is 79.9. The highest BCUT2D eigenvalue weighted by Gasteiger charge is 2.16. The SMILES string of the molecule is Cc1[nH]nc2nc(SCC(=O)NCCC3=CCCCC3)n(-c3ccc(Br)cc3)c(=N)c12. The van der Waals surface area contributed by atoms with Crippen LogP contribution < -0.4 is 10.8 Å². The average molecular weight is 501 g/mol. The molecule has 1 aromatic carbocycles. The van der Waals surface area contributed by atoms with Gasteiger partial charge in [0.25, 0.3) is 0 Å². The van der Waals surface area contributed by atoms with E-state index < -0.39 is 0 Å². The summed E-state index contributed by atoms with van der Waals surface area (Å²) in [5.41, 5.74) is 3.85. The number of allylic oxidation sites excluding steroid dienone is 1. The summed E-state index contributed by atoms with van der Waals surface area (Å²) in [7, 11) is 0. The Hall–Kier alpha value is -2.39. The van der Waals surface area contributed by atoms with Gasteiger partial charge in [-0.3, -0.25) is 19.9 Å². The fourth-order valence-electron chi connectivity index (χ4n) is 3.73. The molecule has 0 aliphatic heterocycles. The monoisotopic (exact) mass is 500 g/mol. The van der Waals surface area contributed by atoms with Crippen LogP contribution in [0.1, 0.15) is 37.8 Å². The van der Waals surface area contributed by atoms with Crippen molar-refractivity contribution in [1.82, 2.24) is 25.1 Å². The number of aromatic amines is 1. The lowest BCUT2D eigenvalue weighted by atomic mass is 9.97. The van der Waals surface area contributed by atoms with Crippen molar-refractivity contribution < 1.29 is 4.79 Å². The van der Waals surface area contributed by atoms with Gasteiger partial charge in [0.2, 0.25) is 5.91 Å². The van der Waals surface area contributed by atoms with Gasteiger partial charge < -0.3 is 5.32 Å². The van der Waals surface area contributed by atoms with Crippen LogP contribution in [0.2, 0.25) is 0 Å². The van der Waals surface area contributed by atoms with Gasteiger partial charge in [0.1, 0.15) is 5.49 Å². The minimum Gasteiger partial charge on any atom is -0.355 e. The predicted molar refractivity (Wildman–Crippen MR) is 126 cm³/mol. The van der Waals surface area contributed by atoms with Crippen LogP contribution in [0.15, 0.2) is 45.5 Å². The quantitative estimate of drug-likeness (QED) is 0.254. The molecule has 2 heterocycles. The van der Waals surface area contributed by atoms with Crippen molar-refractivity contribution in [3.63, 3.8) is 0 Å². The van der Waals surface area contributed by atoms with Crippen LogP contribution in [-0.4, -0.2) is 38.0 Å². The van der Waals surface area contributed by atoms with Crippen molar-refractivity contribution in [1.29, 1.82) is 5.41 Å². The minimum absolute atomic E-state index is 0.0320. The van der Waals surface area contributed by atoms with Gasteiger partial charge in [0, 0.05) is 22.4 Å². The van der Waals surface area contributed by atoms with Crippen LogP contribution in [0.4, 0.5) is 0 Å². The lowest BCUT2D eigenvalue weighted by molar-refractivity contribution is -0.118. The molecule has 3 N–H and O–H groups in total. The summed E-state index contributed by atoms with van der Waals surface area (Å²) in [6, 6.07) is 7.70. The number of hydrogen-bond donors (Lipinski definition) is 3. The smallest absolute Gasteiger partial charge is 0.230 e. The number of H-pyrrole nitrogens is 1. The number of thioether (sulfide) groups is 1. The van der Waals surface area contributed by atoms with E-state index in [0.29, 0.717) is 28.2 Å². The van der Waals surface area contributed by atoms with Crippen LogP contribution in [-0.2, 0) is 4.79 Å². The first-order valence-corrected chi connectivity index (χ1v) is 12.2. The third-order valence-electron chi connectivity index (χ3n) is 5.35. The number of benzene rings is 1. The first-order valence-electron chi connectivity index (χ1n) is 10.4. The van der Waals surface area contributed by atoms with E-state index in [9.17, 15) is 4.79 Å². The van der Waals surface area contributed by atoms with Crippen molar-refractivity contribution in [2.75, 3.05) is 12.3 Å². The summed E-state index contributed by atoms with van der Waals surface area (Å²) in [4.78, 5) is 17.1. The highest BCUT2D eigenvalue weighted by molar-refractivity contribution is 9.10. The zero-order valence-corrected chi connectivity index (χ0v) is 19.8. The van der Waals surface area contributed by atoms with E-state index in [0.717, 1.165) is 35.1 Å². The summed E-state index contributed by atoms with van der Waals surface area (Å²) in [5, 5.41) is 20.2. The number of aromatic nitrogens is 4. The second-order valence-corrected chi connectivity index (χ2v) is 9.46. The first-order chi connectivity index (χ1) is 15.0. The van der Waals surface area contributed by atoms with Gasteiger partial charge in [0.15, 0.2) is 10.8 Å². The third-order valence-corrected chi connectivity index (χ3v) is 6.82. The molecule has 0 atom stereocenters. The largest absolute Gasteiger partial charge is 0.355 e. The Morgan fingerprint density at radius 2 is 2.13 bits per heavy atom. The Morgan fingerprint density at radius 3 is 2.87 bits per heavy atom. The molecule has 0 radical (unpaired) electrons. The van der Waals surface area contributed by atoms with Crippen molar-refractivity contribution in [2.45, 2.75) is 44.2 Å². The molecule has 1 amide bonds. The highest BCUT2D eigenvalue weighted by Crippen LogP contribution is 2.23. The molecule has 162 valence electrons. The predicted octanol–water partition coefficient (Wildman–Crippen LogP) is 4.40.